The van der Waals surface area contributed by atoms with Crippen LogP contribution in [0.2, 0.25) is 0 Å². The van der Waals surface area contributed by atoms with Crippen molar-refractivity contribution in [2.24, 2.45) is 0 Å². The molecule has 0 bridgehead atoms. The van der Waals surface area contributed by atoms with Crippen LogP contribution in [0.3, 0.4) is 0 Å². The van der Waals surface area contributed by atoms with Crippen molar-refractivity contribution in [3.05, 3.63) is 29.8 Å². The monoisotopic (exact) mass is 286 g/mol. The van der Waals surface area contributed by atoms with Gasteiger partial charge in [0.25, 0.3) is 11.8 Å². The second-order valence-electron chi connectivity index (χ2n) is 4.77. The molecule has 0 radical (unpaired) electrons. The van der Waals surface area contributed by atoms with Crippen molar-refractivity contribution >= 4 is 17.5 Å². The van der Waals surface area contributed by atoms with E-state index in [-0.39, 0.29) is 24.7 Å². The van der Waals surface area contributed by atoms with Crippen LogP contribution in [0, 0.1) is 11.6 Å². The number of quaternary nitrogens is 1. The fourth-order valence-electron chi connectivity index (χ4n) is 1.54. The third-order valence-electron chi connectivity index (χ3n) is 2.62. The Morgan fingerprint density at radius 1 is 1.25 bits per heavy atom. The molecule has 20 heavy (non-hydrogen) atoms. The predicted molar refractivity (Wildman–Crippen MR) is 70.3 cm³/mol. The van der Waals surface area contributed by atoms with Crippen molar-refractivity contribution < 1.29 is 23.3 Å². The van der Waals surface area contributed by atoms with Gasteiger partial charge in [0.1, 0.15) is 11.6 Å². The first-order valence-electron chi connectivity index (χ1n) is 6.06. The van der Waals surface area contributed by atoms with Gasteiger partial charge in [0.2, 0.25) is 0 Å². The van der Waals surface area contributed by atoms with E-state index in [9.17, 15) is 18.4 Å². The fraction of sp³-hybridized carbons (Fsp3) is 0.385. The fourth-order valence-corrected chi connectivity index (χ4v) is 1.54. The molecule has 0 spiro atoms. The molecule has 0 heterocycles. The molecule has 2 amide bonds. The lowest BCUT2D eigenvalue weighted by Gasteiger charge is -2.16. The summed E-state index contributed by atoms with van der Waals surface area (Å²) in [6.07, 6.45) is 0. The maximum Gasteiger partial charge on any atom is 0.279 e. The van der Waals surface area contributed by atoms with Crippen molar-refractivity contribution in [2.45, 2.75) is 0 Å². The van der Waals surface area contributed by atoms with Crippen molar-refractivity contribution in [2.75, 3.05) is 39.5 Å². The summed E-state index contributed by atoms with van der Waals surface area (Å²) in [5, 5.41) is 2.28. The van der Waals surface area contributed by atoms with Crippen LogP contribution in [-0.4, -0.2) is 50.9 Å². The number of hydrogen-bond acceptors (Lipinski definition) is 2. The molecule has 1 aromatic rings. The molecule has 1 aromatic carbocycles. The number of nitrogens with one attached hydrogen (secondary N) is 2. The van der Waals surface area contributed by atoms with Crippen LogP contribution in [-0.2, 0) is 9.59 Å². The number of benzene rings is 1. The maximum atomic E-state index is 13.3. The summed E-state index contributed by atoms with van der Waals surface area (Å²) in [6, 6.07) is 2.82. The smallest absolute Gasteiger partial charge is 0.279 e. The Morgan fingerprint density at radius 3 is 2.50 bits per heavy atom. The third-order valence-corrected chi connectivity index (χ3v) is 2.62. The highest BCUT2D eigenvalue weighted by molar-refractivity contribution is 5.91. The molecule has 0 aliphatic heterocycles. The Hall–Kier alpha value is -2.02. The number of amides is 2. The second-order valence-corrected chi connectivity index (χ2v) is 4.77. The molecule has 0 aliphatic rings. The van der Waals surface area contributed by atoms with Gasteiger partial charge in [-0.05, 0) is 12.1 Å². The van der Waals surface area contributed by atoms with Gasteiger partial charge in [-0.25, -0.2) is 8.78 Å². The molecular formula is C13H18F2N3O2+. The highest BCUT2D eigenvalue weighted by Crippen LogP contribution is 2.14. The van der Waals surface area contributed by atoms with Crippen molar-refractivity contribution in [3.8, 4) is 0 Å². The summed E-state index contributed by atoms with van der Waals surface area (Å²) in [6.45, 7) is 0.127. The lowest BCUT2D eigenvalue weighted by molar-refractivity contribution is -0.862. The normalized spacial score (nSPS) is 11.8. The summed E-state index contributed by atoms with van der Waals surface area (Å²) >= 11 is 0. The van der Waals surface area contributed by atoms with E-state index in [2.05, 4.69) is 5.32 Å². The molecular weight excluding hydrogens is 268 g/mol. The van der Waals surface area contributed by atoms with E-state index in [1.165, 1.54) is 4.90 Å². The van der Waals surface area contributed by atoms with Crippen molar-refractivity contribution in [1.29, 1.82) is 0 Å². The highest BCUT2D eigenvalue weighted by Gasteiger charge is 2.16. The van der Waals surface area contributed by atoms with Crippen LogP contribution >= 0.6 is 0 Å². The highest BCUT2D eigenvalue weighted by atomic mass is 19.1. The average molecular weight is 286 g/mol. The summed E-state index contributed by atoms with van der Waals surface area (Å²) < 4.78 is 26.3. The Kier molecular flexibility index (Phi) is 5.57. The van der Waals surface area contributed by atoms with E-state index >= 15 is 0 Å². The molecule has 0 fully saturated rings. The van der Waals surface area contributed by atoms with Crippen LogP contribution in [0.25, 0.3) is 0 Å². The topological polar surface area (TPSA) is 53.9 Å². The Morgan fingerprint density at radius 2 is 1.90 bits per heavy atom. The first kappa shape index (κ1) is 16.0. The van der Waals surface area contributed by atoms with Gasteiger partial charge >= 0.3 is 0 Å². The number of carbonyl (C=O) groups is 2. The number of hydrogen-bond donors (Lipinski definition) is 2. The Balaban J connectivity index is 2.55. The Bertz CT molecular complexity index is 506. The quantitative estimate of drug-likeness (QED) is 0.767. The number of nitrogens with zero attached hydrogens (tertiary/aromatic N) is 1. The molecule has 5 nitrogen and oxygen atoms in total. The molecule has 1 rings (SSSR count). The summed E-state index contributed by atoms with van der Waals surface area (Å²) in [4.78, 5) is 25.2. The zero-order valence-electron chi connectivity index (χ0n) is 11.7. The number of rotatable bonds is 5. The molecule has 1 unspecified atom stereocenters. The molecule has 110 valence electrons. The molecule has 0 aliphatic carbocycles. The van der Waals surface area contributed by atoms with Crippen LogP contribution in [0.1, 0.15) is 0 Å². The molecule has 7 heteroatoms. The number of carbonyl (C=O) groups excluding carboxylic acids is 2. The number of likely N-dealkylation sites (N-methyl/N-ethyl adjacent to an activating group) is 2. The van der Waals surface area contributed by atoms with Gasteiger partial charge in [-0.15, -0.1) is 0 Å². The Labute approximate surface area is 116 Å². The summed E-state index contributed by atoms with van der Waals surface area (Å²) in [5.74, 6) is -1.95. The first-order valence-corrected chi connectivity index (χ1v) is 6.06. The van der Waals surface area contributed by atoms with Gasteiger partial charge in [0.05, 0.1) is 12.7 Å². The van der Waals surface area contributed by atoms with Gasteiger partial charge in [0, 0.05) is 20.2 Å². The van der Waals surface area contributed by atoms with Crippen LogP contribution in [0.5, 0.6) is 0 Å². The zero-order valence-corrected chi connectivity index (χ0v) is 11.7. The molecule has 0 saturated heterocycles. The molecule has 0 aromatic heterocycles. The number of anilines is 1. The summed E-state index contributed by atoms with van der Waals surface area (Å²) in [5.41, 5.74) is -0.207. The minimum absolute atomic E-state index is 0.0183. The molecule has 1 atom stereocenters. The SMILES string of the molecule is CN(C)C(=O)C[NH+](C)CC(=O)Nc1cc(F)ccc1F. The zero-order chi connectivity index (χ0) is 15.3. The molecule has 0 saturated carbocycles. The minimum atomic E-state index is -0.707. The van der Waals surface area contributed by atoms with Crippen LogP contribution < -0.4 is 10.2 Å². The second kappa shape index (κ2) is 6.95. The number of halogens is 2. The average Bonchev–Trinajstić information content (AvgIpc) is 2.33. The van der Waals surface area contributed by atoms with E-state index in [0.717, 1.165) is 18.2 Å². The largest absolute Gasteiger partial charge is 0.344 e. The van der Waals surface area contributed by atoms with Gasteiger partial charge in [-0.2, -0.15) is 0 Å². The van der Waals surface area contributed by atoms with Gasteiger partial charge in [-0.3, -0.25) is 9.59 Å². The lowest BCUT2D eigenvalue weighted by atomic mass is 10.3. The van der Waals surface area contributed by atoms with Crippen LogP contribution in [0.4, 0.5) is 14.5 Å². The lowest BCUT2D eigenvalue weighted by Crippen LogP contribution is -3.11. The third kappa shape index (κ3) is 4.93. The predicted octanol–water partition coefficient (Wildman–Crippen LogP) is -0.494. The first-order chi connectivity index (χ1) is 9.29. The van der Waals surface area contributed by atoms with E-state index < -0.39 is 17.5 Å². The van der Waals surface area contributed by atoms with E-state index in [1.54, 1.807) is 21.1 Å². The van der Waals surface area contributed by atoms with Crippen molar-refractivity contribution in [3.63, 3.8) is 0 Å². The minimum Gasteiger partial charge on any atom is -0.344 e. The van der Waals surface area contributed by atoms with E-state index in [4.69, 9.17) is 0 Å². The maximum absolute atomic E-state index is 13.3. The summed E-state index contributed by atoms with van der Waals surface area (Å²) in [7, 11) is 4.92. The van der Waals surface area contributed by atoms with E-state index in [0.29, 0.717) is 4.90 Å². The van der Waals surface area contributed by atoms with E-state index in [1.807, 2.05) is 0 Å². The molecule has 2 N–H and O–H groups in total. The van der Waals surface area contributed by atoms with Crippen LogP contribution in [0.15, 0.2) is 18.2 Å². The standard InChI is InChI=1S/C13H17F2N3O2/c1-17(2)13(20)8-18(3)7-12(19)16-11-6-9(14)4-5-10(11)15/h4-6H,7-8H2,1-3H3,(H,16,19)/p+1. The van der Waals surface area contributed by atoms with Gasteiger partial charge in [-0.1, -0.05) is 0 Å². The van der Waals surface area contributed by atoms with Gasteiger partial charge < -0.3 is 15.1 Å². The van der Waals surface area contributed by atoms with Gasteiger partial charge in [0.15, 0.2) is 13.1 Å². The van der Waals surface area contributed by atoms with Crippen molar-refractivity contribution in [1.82, 2.24) is 4.90 Å².